The summed E-state index contributed by atoms with van der Waals surface area (Å²) in [6.07, 6.45) is 4.51. The van der Waals surface area contributed by atoms with Crippen LogP contribution in [0.5, 0.6) is 0 Å². The van der Waals surface area contributed by atoms with E-state index < -0.39 is 10.0 Å². The number of rotatable bonds is 4. The van der Waals surface area contributed by atoms with Gasteiger partial charge in [-0.15, -0.1) is 0 Å². The number of hydrogen-bond donors (Lipinski definition) is 1. The molecule has 0 fully saturated rings. The maximum Gasteiger partial charge on any atom is 0.276 e. The minimum Gasteiger partial charge on any atom is -0.264 e. The number of benzene rings is 1. The summed E-state index contributed by atoms with van der Waals surface area (Å²) in [7, 11) is -3.78. The second-order valence-corrected chi connectivity index (χ2v) is 6.19. The lowest BCUT2D eigenvalue weighted by Gasteiger charge is -2.04. The summed E-state index contributed by atoms with van der Waals surface area (Å²) in [6.45, 7) is 0. The first-order chi connectivity index (χ1) is 9.49. The van der Waals surface area contributed by atoms with E-state index in [0.29, 0.717) is 5.56 Å². The first kappa shape index (κ1) is 14.8. The summed E-state index contributed by atoms with van der Waals surface area (Å²) in [5, 5.41) is 4.10. The van der Waals surface area contributed by atoms with Crippen molar-refractivity contribution in [3.8, 4) is 0 Å². The van der Waals surface area contributed by atoms with Gasteiger partial charge in [-0.3, -0.25) is 4.98 Å². The highest BCUT2D eigenvalue weighted by molar-refractivity contribution is 7.89. The van der Waals surface area contributed by atoms with E-state index in [-0.39, 0.29) is 14.9 Å². The lowest BCUT2D eigenvalue weighted by Crippen LogP contribution is -2.18. The second kappa shape index (κ2) is 6.21. The van der Waals surface area contributed by atoms with Crippen LogP contribution >= 0.6 is 23.2 Å². The molecule has 8 heteroatoms. The van der Waals surface area contributed by atoms with Crippen molar-refractivity contribution in [3.63, 3.8) is 0 Å². The van der Waals surface area contributed by atoms with Crippen molar-refractivity contribution in [3.05, 3.63) is 58.3 Å². The van der Waals surface area contributed by atoms with E-state index in [2.05, 4.69) is 14.9 Å². The van der Waals surface area contributed by atoms with Gasteiger partial charge >= 0.3 is 0 Å². The van der Waals surface area contributed by atoms with Crippen molar-refractivity contribution in [2.45, 2.75) is 4.90 Å². The minimum atomic E-state index is -3.78. The predicted molar refractivity (Wildman–Crippen MR) is 78.6 cm³/mol. The first-order valence-electron chi connectivity index (χ1n) is 5.39. The Kier molecular flexibility index (Phi) is 4.59. The molecule has 0 atom stereocenters. The zero-order valence-corrected chi connectivity index (χ0v) is 12.3. The molecule has 2 aromatic rings. The molecule has 5 nitrogen and oxygen atoms in total. The number of aromatic nitrogens is 1. The lowest BCUT2D eigenvalue weighted by molar-refractivity contribution is 0.584. The van der Waals surface area contributed by atoms with Gasteiger partial charge in [-0.25, -0.2) is 4.83 Å². The molecule has 0 unspecified atom stereocenters. The van der Waals surface area contributed by atoms with Crippen LogP contribution < -0.4 is 4.83 Å². The molecular formula is C12H9Cl2N3O2S. The van der Waals surface area contributed by atoms with Crippen LogP contribution in [0, 0.1) is 0 Å². The van der Waals surface area contributed by atoms with E-state index in [1.807, 2.05) is 0 Å². The van der Waals surface area contributed by atoms with Gasteiger partial charge in [0.25, 0.3) is 10.0 Å². The Bertz CT molecular complexity index is 734. The van der Waals surface area contributed by atoms with Crippen LogP contribution in [0.3, 0.4) is 0 Å². The maximum atomic E-state index is 11.9. The molecule has 1 heterocycles. The zero-order valence-electron chi connectivity index (χ0n) is 9.99. The molecule has 0 aliphatic heterocycles. The van der Waals surface area contributed by atoms with Crippen molar-refractivity contribution >= 4 is 39.4 Å². The normalized spacial score (nSPS) is 11.7. The third kappa shape index (κ3) is 3.69. The highest BCUT2D eigenvalue weighted by atomic mass is 35.5. The molecule has 1 aromatic heterocycles. The molecule has 0 aliphatic carbocycles. The average molecular weight is 330 g/mol. The number of pyridine rings is 1. The third-order valence-corrected chi connectivity index (χ3v) is 4.23. The summed E-state index contributed by atoms with van der Waals surface area (Å²) in [4.78, 5) is 5.94. The average Bonchev–Trinajstić information content (AvgIpc) is 2.43. The molecular weight excluding hydrogens is 321 g/mol. The molecule has 0 saturated heterocycles. The van der Waals surface area contributed by atoms with Crippen LogP contribution in [-0.2, 0) is 10.0 Å². The lowest BCUT2D eigenvalue weighted by atomic mass is 10.3. The van der Waals surface area contributed by atoms with Crippen molar-refractivity contribution in [2.75, 3.05) is 0 Å². The summed E-state index contributed by atoms with van der Waals surface area (Å²) < 4.78 is 23.9. The SMILES string of the molecule is O=S(=O)(NN=Cc1cccnc1)c1ccc(Cl)c(Cl)c1. The third-order valence-electron chi connectivity index (χ3n) is 2.27. The van der Waals surface area contributed by atoms with Crippen molar-refractivity contribution in [1.29, 1.82) is 0 Å². The zero-order chi connectivity index (χ0) is 14.6. The van der Waals surface area contributed by atoms with Crippen LogP contribution in [0.15, 0.2) is 52.7 Å². The maximum absolute atomic E-state index is 11.9. The van der Waals surface area contributed by atoms with Gasteiger partial charge in [0.15, 0.2) is 0 Å². The molecule has 0 amide bonds. The summed E-state index contributed by atoms with van der Waals surface area (Å²) in [6, 6.07) is 7.46. The van der Waals surface area contributed by atoms with Crippen LogP contribution in [-0.4, -0.2) is 19.6 Å². The largest absolute Gasteiger partial charge is 0.276 e. The van der Waals surface area contributed by atoms with Crippen LogP contribution in [0.25, 0.3) is 0 Å². The van der Waals surface area contributed by atoms with Gasteiger partial charge in [0.1, 0.15) is 0 Å². The number of sulfonamides is 1. The molecule has 0 aliphatic rings. The smallest absolute Gasteiger partial charge is 0.264 e. The van der Waals surface area contributed by atoms with Gasteiger partial charge in [0.05, 0.1) is 21.2 Å². The number of nitrogens with one attached hydrogen (secondary N) is 1. The topological polar surface area (TPSA) is 71.4 Å². The molecule has 0 spiro atoms. The van der Waals surface area contributed by atoms with Gasteiger partial charge in [0, 0.05) is 18.0 Å². The Morgan fingerprint density at radius 2 is 2.00 bits per heavy atom. The van der Waals surface area contributed by atoms with E-state index in [1.165, 1.54) is 24.4 Å². The Morgan fingerprint density at radius 1 is 1.20 bits per heavy atom. The van der Waals surface area contributed by atoms with Gasteiger partial charge in [-0.1, -0.05) is 29.3 Å². The molecule has 0 radical (unpaired) electrons. The molecule has 0 saturated carbocycles. The standard InChI is InChI=1S/C12H9Cl2N3O2S/c13-11-4-3-10(6-12(11)14)20(18,19)17-16-8-9-2-1-5-15-7-9/h1-8,17H. The highest BCUT2D eigenvalue weighted by Gasteiger charge is 2.14. The van der Waals surface area contributed by atoms with E-state index in [1.54, 1.807) is 24.5 Å². The monoisotopic (exact) mass is 329 g/mol. The first-order valence-corrected chi connectivity index (χ1v) is 7.63. The van der Waals surface area contributed by atoms with Crippen molar-refractivity contribution in [2.24, 2.45) is 5.10 Å². The second-order valence-electron chi connectivity index (χ2n) is 3.72. The molecule has 20 heavy (non-hydrogen) atoms. The van der Waals surface area contributed by atoms with Gasteiger partial charge in [0.2, 0.25) is 0 Å². The Morgan fingerprint density at radius 3 is 2.65 bits per heavy atom. The van der Waals surface area contributed by atoms with E-state index in [4.69, 9.17) is 23.2 Å². The van der Waals surface area contributed by atoms with Gasteiger partial charge < -0.3 is 0 Å². The van der Waals surface area contributed by atoms with Crippen LogP contribution in [0.1, 0.15) is 5.56 Å². The van der Waals surface area contributed by atoms with E-state index in [9.17, 15) is 8.42 Å². The number of hydrogen-bond acceptors (Lipinski definition) is 4. The Labute approximate surface area is 126 Å². The molecule has 2 rings (SSSR count). The number of hydrazone groups is 1. The van der Waals surface area contributed by atoms with E-state index in [0.717, 1.165) is 0 Å². The fraction of sp³-hybridized carbons (Fsp3) is 0. The predicted octanol–water partition coefficient (Wildman–Crippen LogP) is 2.70. The quantitative estimate of drug-likeness (QED) is 0.692. The molecule has 0 bridgehead atoms. The number of nitrogens with zero attached hydrogens (tertiary/aromatic N) is 2. The Balaban J connectivity index is 2.15. The molecule has 1 aromatic carbocycles. The van der Waals surface area contributed by atoms with Gasteiger partial charge in [-0.05, 0) is 24.3 Å². The van der Waals surface area contributed by atoms with Crippen LogP contribution in [0.4, 0.5) is 0 Å². The van der Waals surface area contributed by atoms with Crippen LogP contribution in [0.2, 0.25) is 10.0 Å². The van der Waals surface area contributed by atoms with Crippen molar-refractivity contribution < 1.29 is 8.42 Å². The van der Waals surface area contributed by atoms with Gasteiger partial charge in [-0.2, -0.15) is 13.5 Å². The summed E-state index contributed by atoms with van der Waals surface area (Å²) in [5.41, 5.74) is 0.671. The number of halogens is 2. The Hall–Kier alpha value is -1.63. The summed E-state index contributed by atoms with van der Waals surface area (Å²) >= 11 is 11.5. The fourth-order valence-corrected chi connectivity index (χ4v) is 2.50. The fourth-order valence-electron chi connectivity index (χ4n) is 1.32. The van der Waals surface area contributed by atoms with E-state index >= 15 is 0 Å². The highest BCUT2D eigenvalue weighted by Crippen LogP contribution is 2.24. The molecule has 104 valence electrons. The van der Waals surface area contributed by atoms with Crippen molar-refractivity contribution in [1.82, 2.24) is 9.82 Å². The molecule has 1 N–H and O–H groups in total. The minimum absolute atomic E-state index is 0.0183. The summed E-state index contributed by atoms with van der Waals surface area (Å²) in [5.74, 6) is 0.